The predicted octanol–water partition coefficient (Wildman–Crippen LogP) is 4.51. The van der Waals surface area contributed by atoms with Crippen LogP contribution in [0.4, 0.5) is 17.1 Å². The maximum absolute atomic E-state index is 13.5. The summed E-state index contributed by atoms with van der Waals surface area (Å²) in [4.78, 5) is 25.2. The van der Waals surface area contributed by atoms with Gasteiger partial charge in [-0.3, -0.25) is 13.9 Å². The van der Waals surface area contributed by atoms with Crippen molar-refractivity contribution in [2.75, 3.05) is 27.7 Å². The summed E-state index contributed by atoms with van der Waals surface area (Å²) in [5.74, 6) is -0.748. The zero-order valence-corrected chi connectivity index (χ0v) is 20.2. The topological polar surface area (TPSA) is 95.6 Å². The third-order valence-electron chi connectivity index (χ3n) is 4.72. The SMILES string of the molecule is CSc1ccc(S(=O)(=O)N(CC(=O)Nc2cccc(NC(C)=O)c2)c2ccc(C)cc2)cc1. The molecule has 0 atom stereocenters. The highest BCUT2D eigenvalue weighted by Gasteiger charge is 2.27. The Morgan fingerprint density at radius 3 is 2.09 bits per heavy atom. The monoisotopic (exact) mass is 483 g/mol. The van der Waals surface area contributed by atoms with Crippen LogP contribution in [-0.2, 0) is 19.6 Å². The van der Waals surface area contributed by atoms with Crippen molar-refractivity contribution in [3.63, 3.8) is 0 Å². The Kier molecular flexibility index (Phi) is 7.78. The molecule has 0 heterocycles. The first kappa shape index (κ1) is 24.3. The lowest BCUT2D eigenvalue weighted by atomic mass is 10.2. The minimum Gasteiger partial charge on any atom is -0.326 e. The van der Waals surface area contributed by atoms with Crippen LogP contribution in [-0.4, -0.2) is 33.0 Å². The highest BCUT2D eigenvalue weighted by atomic mass is 32.2. The van der Waals surface area contributed by atoms with Crippen LogP contribution in [0.5, 0.6) is 0 Å². The van der Waals surface area contributed by atoms with Crippen LogP contribution in [0.2, 0.25) is 0 Å². The molecule has 0 saturated heterocycles. The first-order valence-electron chi connectivity index (χ1n) is 10.1. The fourth-order valence-electron chi connectivity index (χ4n) is 3.11. The molecule has 0 saturated carbocycles. The van der Waals surface area contributed by atoms with Crippen LogP contribution >= 0.6 is 11.8 Å². The largest absolute Gasteiger partial charge is 0.326 e. The summed E-state index contributed by atoms with van der Waals surface area (Å²) in [6.07, 6.45) is 1.91. The van der Waals surface area contributed by atoms with Crippen molar-refractivity contribution in [1.29, 1.82) is 0 Å². The average Bonchev–Trinajstić information content (AvgIpc) is 2.78. The van der Waals surface area contributed by atoms with Gasteiger partial charge in [-0.1, -0.05) is 23.8 Å². The van der Waals surface area contributed by atoms with Crippen molar-refractivity contribution in [3.05, 3.63) is 78.4 Å². The first-order valence-corrected chi connectivity index (χ1v) is 12.8. The zero-order valence-electron chi connectivity index (χ0n) is 18.5. The number of carbonyl (C=O) groups excluding carboxylic acids is 2. The predicted molar refractivity (Wildman–Crippen MR) is 133 cm³/mol. The van der Waals surface area contributed by atoms with Crippen LogP contribution in [0.15, 0.2) is 82.6 Å². The molecule has 172 valence electrons. The highest BCUT2D eigenvalue weighted by molar-refractivity contribution is 7.98. The zero-order chi connectivity index (χ0) is 24.0. The minimum absolute atomic E-state index is 0.0985. The molecular formula is C24H25N3O4S2. The molecule has 7 nitrogen and oxygen atoms in total. The number of hydrogen-bond donors (Lipinski definition) is 2. The molecule has 0 aliphatic carbocycles. The maximum atomic E-state index is 13.5. The molecule has 0 unspecified atom stereocenters. The summed E-state index contributed by atoms with van der Waals surface area (Å²) < 4.78 is 28.0. The van der Waals surface area contributed by atoms with E-state index in [2.05, 4.69) is 10.6 Å². The molecule has 0 aliphatic heterocycles. The van der Waals surface area contributed by atoms with Gasteiger partial charge < -0.3 is 10.6 Å². The molecule has 0 radical (unpaired) electrons. The Balaban J connectivity index is 1.89. The summed E-state index contributed by atoms with van der Waals surface area (Å²) in [5, 5.41) is 5.36. The van der Waals surface area contributed by atoms with Gasteiger partial charge in [0.1, 0.15) is 6.54 Å². The Morgan fingerprint density at radius 1 is 0.909 bits per heavy atom. The third-order valence-corrected chi connectivity index (χ3v) is 7.25. The molecule has 3 aromatic carbocycles. The van der Waals surface area contributed by atoms with Gasteiger partial charge >= 0.3 is 0 Å². The average molecular weight is 484 g/mol. The fourth-order valence-corrected chi connectivity index (χ4v) is 4.94. The molecule has 0 bridgehead atoms. The van der Waals surface area contributed by atoms with E-state index in [1.165, 1.54) is 30.8 Å². The molecule has 0 aromatic heterocycles. The number of sulfonamides is 1. The number of amides is 2. The molecule has 9 heteroatoms. The smallest absolute Gasteiger partial charge is 0.264 e. The van der Waals surface area contributed by atoms with Crippen molar-refractivity contribution in [3.8, 4) is 0 Å². The van der Waals surface area contributed by atoms with E-state index in [4.69, 9.17) is 0 Å². The number of rotatable bonds is 8. The van der Waals surface area contributed by atoms with Crippen molar-refractivity contribution in [2.45, 2.75) is 23.6 Å². The second-order valence-electron chi connectivity index (χ2n) is 7.33. The molecule has 0 fully saturated rings. The van der Waals surface area contributed by atoms with Crippen molar-refractivity contribution in [2.24, 2.45) is 0 Å². The van der Waals surface area contributed by atoms with Gasteiger partial charge in [0.2, 0.25) is 11.8 Å². The lowest BCUT2D eigenvalue weighted by Gasteiger charge is -2.24. The van der Waals surface area contributed by atoms with Gasteiger partial charge in [-0.15, -0.1) is 11.8 Å². The lowest BCUT2D eigenvalue weighted by molar-refractivity contribution is -0.115. The van der Waals surface area contributed by atoms with E-state index >= 15 is 0 Å². The van der Waals surface area contributed by atoms with Crippen LogP contribution in [0.25, 0.3) is 0 Å². The Hall–Kier alpha value is -3.30. The molecule has 33 heavy (non-hydrogen) atoms. The number of thioether (sulfide) groups is 1. The molecule has 3 rings (SSSR count). The molecular weight excluding hydrogens is 458 g/mol. The molecule has 3 aromatic rings. The number of carbonyl (C=O) groups is 2. The fraction of sp³-hybridized carbons (Fsp3) is 0.167. The van der Waals surface area contributed by atoms with Gasteiger partial charge in [0.05, 0.1) is 10.6 Å². The number of nitrogens with one attached hydrogen (secondary N) is 2. The van der Waals surface area contributed by atoms with Gasteiger partial charge in [0, 0.05) is 23.2 Å². The van der Waals surface area contributed by atoms with Crippen molar-refractivity contribution < 1.29 is 18.0 Å². The molecule has 0 spiro atoms. The number of aryl methyl sites for hydroxylation is 1. The number of hydrogen-bond acceptors (Lipinski definition) is 5. The van der Waals surface area contributed by atoms with Gasteiger partial charge in [0.15, 0.2) is 0 Å². The van der Waals surface area contributed by atoms with E-state index in [1.54, 1.807) is 60.7 Å². The van der Waals surface area contributed by atoms with Crippen molar-refractivity contribution >= 4 is 50.7 Å². The van der Waals surface area contributed by atoms with E-state index in [0.29, 0.717) is 17.1 Å². The summed E-state index contributed by atoms with van der Waals surface area (Å²) in [6.45, 7) is 2.87. The first-order chi connectivity index (χ1) is 15.7. The summed E-state index contributed by atoms with van der Waals surface area (Å²) in [7, 11) is -4.00. The van der Waals surface area contributed by atoms with Crippen LogP contribution in [0.3, 0.4) is 0 Å². The van der Waals surface area contributed by atoms with E-state index in [9.17, 15) is 18.0 Å². The van der Waals surface area contributed by atoms with E-state index in [1.807, 2.05) is 13.2 Å². The van der Waals surface area contributed by atoms with Crippen molar-refractivity contribution in [1.82, 2.24) is 0 Å². The van der Waals surface area contributed by atoms with Gasteiger partial charge in [0.25, 0.3) is 10.0 Å². The van der Waals surface area contributed by atoms with Crippen LogP contribution in [0.1, 0.15) is 12.5 Å². The summed E-state index contributed by atoms with van der Waals surface area (Å²) in [5.41, 5.74) is 2.32. The minimum atomic E-state index is -4.00. The number of benzene rings is 3. The van der Waals surface area contributed by atoms with Gasteiger partial charge in [-0.2, -0.15) is 0 Å². The maximum Gasteiger partial charge on any atom is 0.264 e. The summed E-state index contributed by atoms with van der Waals surface area (Å²) >= 11 is 1.51. The number of nitrogens with zero attached hydrogens (tertiary/aromatic N) is 1. The third kappa shape index (κ3) is 6.36. The van der Waals surface area contributed by atoms with Gasteiger partial charge in [-0.05, 0) is 67.8 Å². The molecule has 0 aliphatic rings. The van der Waals surface area contributed by atoms with Gasteiger partial charge in [-0.25, -0.2) is 8.42 Å². The summed E-state index contributed by atoms with van der Waals surface area (Å²) in [6, 6.07) is 20.1. The second-order valence-corrected chi connectivity index (χ2v) is 10.1. The molecule has 2 amide bonds. The van der Waals surface area contributed by atoms with Crippen LogP contribution < -0.4 is 14.9 Å². The second kappa shape index (κ2) is 10.5. The Labute approximate surface area is 198 Å². The standard InChI is InChI=1S/C24H25N3O4S2/c1-17-7-9-21(10-8-17)27(33(30,31)23-13-11-22(32-3)12-14-23)16-24(29)26-20-6-4-5-19(15-20)25-18(2)28/h4-15H,16H2,1-3H3,(H,25,28)(H,26,29). The van der Waals surface area contributed by atoms with E-state index in [-0.39, 0.29) is 10.8 Å². The quantitative estimate of drug-likeness (QED) is 0.460. The highest BCUT2D eigenvalue weighted by Crippen LogP contribution is 2.26. The lowest BCUT2D eigenvalue weighted by Crippen LogP contribution is -2.38. The van der Waals surface area contributed by atoms with E-state index in [0.717, 1.165) is 14.8 Å². The van der Waals surface area contributed by atoms with E-state index < -0.39 is 22.5 Å². The number of anilines is 3. The van der Waals surface area contributed by atoms with Crippen LogP contribution in [0, 0.1) is 6.92 Å². The normalized spacial score (nSPS) is 11.0. The molecule has 2 N–H and O–H groups in total. The Morgan fingerprint density at radius 2 is 1.52 bits per heavy atom. The Bertz CT molecular complexity index is 1240.